The van der Waals surface area contributed by atoms with Crippen LogP contribution in [0.2, 0.25) is 10.0 Å². The van der Waals surface area contributed by atoms with Crippen LogP contribution in [0.25, 0.3) is 0 Å². The Balaban J connectivity index is 1.93. The molecule has 0 radical (unpaired) electrons. The second kappa shape index (κ2) is 8.24. The molecule has 1 amide bonds. The van der Waals surface area contributed by atoms with E-state index in [1.54, 1.807) is 6.07 Å². The van der Waals surface area contributed by atoms with E-state index in [1.807, 2.05) is 0 Å². The van der Waals surface area contributed by atoms with Crippen molar-refractivity contribution < 1.29 is 18.8 Å². The Morgan fingerprint density at radius 1 is 1.04 bits per heavy atom. The van der Waals surface area contributed by atoms with Crippen molar-refractivity contribution in [2.75, 3.05) is 5.32 Å². The molecule has 142 valence electrons. The number of carbonyl (C=O) groups excluding carboxylic acids is 1. The maximum Gasteiger partial charge on any atom is 0.270 e. The van der Waals surface area contributed by atoms with E-state index in [0.717, 1.165) is 6.07 Å². The van der Waals surface area contributed by atoms with E-state index in [9.17, 15) is 19.3 Å². The summed E-state index contributed by atoms with van der Waals surface area (Å²) in [7, 11) is 0. The Bertz CT molecular complexity index is 1080. The highest BCUT2D eigenvalue weighted by Crippen LogP contribution is 2.34. The van der Waals surface area contributed by atoms with E-state index in [-0.39, 0.29) is 33.5 Å². The Morgan fingerprint density at radius 3 is 2.50 bits per heavy atom. The van der Waals surface area contributed by atoms with Gasteiger partial charge in [-0.1, -0.05) is 35.3 Å². The number of anilines is 1. The molecule has 0 atom stereocenters. The number of benzene rings is 3. The molecule has 0 saturated carbocycles. The van der Waals surface area contributed by atoms with Gasteiger partial charge in [0.05, 0.1) is 21.2 Å². The molecule has 0 unspecified atom stereocenters. The number of para-hydroxylation sites is 1. The van der Waals surface area contributed by atoms with E-state index < -0.39 is 16.6 Å². The van der Waals surface area contributed by atoms with Crippen LogP contribution in [-0.4, -0.2) is 10.8 Å². The number of nitro groups is 1. The number of nitro benzene ring substituents is 1. The number of nitrogens with one attached hydrogen (secondary N) is 1. The van der Waals surface area contributed by atoms with E-state index >= 15 is 0 Å². The van der Waals surface area contributed by atoms with E-state index in [0.29, 0.717) is 5.02 Å². The van der Waals surface area contributed by atoms with Crippen molar-refractivity contribution in [3.05, 3.63) is 92.2 Å². The molecule has 0 saturated heterocycles. The molecule has 0 heterocycles. The first-order valence-electron chi connectivity index (χ1n) is 7.82. The number of nitrogens with zero attached hydrogens (tertiary/aromatic N) is 1. The van der Waals surface area contributed by atoms with Gasteiger partial charge in [-0.3, -0.25) is 14.9 Å². The Labute approximate surface area is 168 Å². The lowest BCUT2D eigenvalue weighted by Gasteiger charge is -2.13. The lowest BCUT2D eigenvalue weighted by molar-refractivity contribution is -0.384. The second-order valence-electron chi connectivity index (χ2n) is 5.55. The first kappa shape index (κ1) is 19.6. The quantitative estimate of drug-likeness (QED) is 0.400. The fourth-order valence-corrected chi connectivity index (χ4v) is 2.70. The van der Waals surface area contributed by atoms with Crippen LogP contribution in [0, 0.1) is 15.9 Å². The van der Waals surface area contributed by atoms with Gasteiger partial charge in [0.1, 0.15) is 0 Å². The van der Waals surface area contributed by atoms with E-state index in [2.05, 4.69) is 5.32 Å². The third-order valence-electron chi connectivity index (χ3n) is 3.65. The summed E-state index contributed by atoms with van der Waals surface area (Å²) in [6.45, 7) is 0. The largest absolute Gasteiger partial charge is 0.452 e. The number of non-ortho nitro benzene ring substituents is 1. The second-order valence-corrected chi connectivity index (χ2v) is 6.39. The van der Waals surface area contributed by atoms with Crippen molar-refractivity contribution in [1.29, 1.82) is 0 Å². The summed E-state index contributed by atoms with van der Waals surface area (Å²) in [4.78, 5) is 22.9. The number of carbonyl (C=O) groups is 1. The van der Waals surface area contributed by atoms with E-state index in [1.165, 1.54) is 48.5 Å². The first-order valence-corrected chi connectivity index (χ1v) is 8.58. The van der Waals surface area contributed by atoms with Crippen LogP contribution in [0.3, 0.4) is 0 Å². The molecule has 0 bridgehead atoms. The SMILES string of the molecule is O=C(Nc1cc(Cl)ccc1Oc1ccccc1F)c1cc([N+](=O)[O-])ccc1Cl. The van der Waals surface area contributed by atoms with Gasteiger partial charge < -0.3 is 10.1 Å². The molecule has 0 aliphatic heterocycles. The molecule has 0 aliphatic carbocycles. The standard InChI is InChI=1S/C19H11Cl2FN2O4/c20-11-5-8-18(28-17-4-2-1-3-15(17)22)16(9-11)23-19(25)13-10-12(24(26)27)6-7-14(13)21/h1-10H,(H,23,25). The van der Waals surface area contributed by atoms with Gasteiger partial charge in [-0.05, 0) is 36.4 Å². The lowest BCUT2D eigenvalue weighted by Crippen LogP contribution is -2.13. The number of ether oxygens (including phenoxy) is 1. The summed E-state index contributed by atoms with van der Waals surface area (Å²) in [6.07, 6.45) is 0. The molecule has 0 aromatic heterocycles. The molecule has 1 N–H and O–H groups in total. The van der Waals surface area contributed by atoms with Crippen LogP contribution in [0.4, 0.5) is 15.8 Å². The van der Waals surface area contributed by atoms with Gasteiger partial charge in [0.15, 0.2) is 17.3 Å². The minimum atomic E-state index is -0.714. The maximum absolute atomic E-state index is 13.9. The molecular weight excluding hydrogens is 410 g/mol. The monoisotopic (exact) mass is 420 g/mol. The Morgan fingerprint density at radius 2 is 1.79 bits per heavy atom. The van der Waals surface area contributed by atoms with Crippen molar-refractivity contribution in [1.82, 2.24) is 0 Å². The summed E-state index contributed by atoms with van der Waals surface area (Å²) < 4.78 is 19.4. The third kappa shape index (κ3) is 4.39. The van der Waals surface area contributed by atoms with Crippen LogP contribution < -0.4 is 10.1 Å². The van der Waals surface area contributed by atoms with Crippen LogP contribution in [0.5, 0.6) is 11.5 Å². The molecule has 3 aromatic carbocycles. The van der Waals surface area contributed by atoms with Crippen molar-refractivity contribution in [3.63, 3.8) is 0 Å². The van der Waals surface area contributed by atoms with Gasteiger partial charge in [-0.2, -0.15) is 0 Å². The number of hydrogen-bond acceptors (Lipinski definition) is 4. The van der Waals surface area contributed by atoms with Gasteiger partial charge in [0, 0.05) is 17.2 Å². The number of halogens is 3. The van der Waals surface area contributed by atoms with Gasteiger partial charge >= 0.3 is 0 Å². The zero-order chi connectivity index (χ0) is 20.3. The molecule has 9 heteroatoms. The first-order chi connectivity index (χ1) is 13.3. The van der Waals surface area contributed by atoms with E-state index in [4.69, 9.17) is 27.9 Å². The number of amides is 1. The molecule has 0 spiro atoms. The maximum atomic E-state index is 13.9. The van der Waals surface area contributed by atoms with Crippen molar-refractivity contribution in [2.24, 2.45) is 0 Å². The number of hydrogen-bond donors (Lipinski definition) is 1. The molecule has 28 heavy (non-hydrogen) atoms. The van der Waals surface area contributed by atoms with Crippen LogP contribution in [-0.2, 0) is 0 Å². The highest BCUT2D eigenvalue weighted by atomic mass is 35.5. The van der Waals surface area contributed by atoms with Crippen molar-refractivity contribution >= 4 is 40.5 Å². The van der Waals surface area contributed by atoms with Gasteiger partial charge in [0.2, 0.25) is 0 Å². The van der Waals surface area contributed by atoms with Gasteiger partial charge in [-0.15, -0.1) is 0 Å². The minimum Gasteiger partial charge on any atom is -0.452 e. The summed E-state index contributed by atoms with van der Waals surface area (Å²) in [5.74, 6) is -1.22. The molecular formula is C19H11Cl2FN2O4. The average Bonchev–Trinajstić information content (AvgIpc) is 2.65. The lowest BCUT2D eigenvalue weighted by atomic mass is 10.1. The molecule has 3 aromatic rings. The summed E-state index contributed by atoms with van der Waals surface area (Å²) >= 11 is 12.0. The van der Waals surface area contributed by atoms with Gasteiger partial charge in [-0.25, -0.2) is 4.39 Å². The van der Waals surface area contributed by atoms with Crippen LogP contribution in [0.1, 0.15) is 10.4 Å². The normalized spacial score (nSPS) is 10.4. The smallest absolute Gasteiger partial charge is 0.270 e. The predicted octanol–water partition coefficient (Wildman–Crippen LogP) is 6.09. The topological polar surface area (TPSA) is 81.5 Å². The highest BCUT2D eigenvalue weighted by Gasteiger charge is 2.18. The van der Waals surface area contributed by atoms with Crippen molar-refractivity contribution in [3.8, 4) is 11.5 Å². The van der Waals surface area contributed by atoms with Crippen LogP contribution in [0.15, 0.2) is 60.7 Å². The zero-order valence-corrected chi connectivity index (χ0v) is 15.5. The van der Waals surface area contributed by atoms with Crippen LogP contribution >= 0.6 is 23.2 Å². The highest BCUT2D eigenvalue weighted by molar-refractivity contribution is 6.34. The third-order valence-corrected chi connectivity index (χ3v) is 4.22. The summed E-state index contributed by atoms with van der Waals surface area (Å²) in [5.41, 5.74) is -0.250. The Hall–Kier alpha value is -3.16. The minimum absolute atomic E-state index is 0.0294. The number of rotatable bonds is 5. The fraction of sp³-hybridized carbons (Fsp3) is 0. The Kier molecular flexibility index (Phi) is 5.77. The molecule has 0 fully saturated rings. The fourth-order valence-electron chi connectivity index (χ4n) is 2.33. The van der Waals surface area contributed by atoms with Crippen molar-refractivity contribution in [2.45, 2.75) is 0 Å². The average molecular weight is 421 g/mol. The molecule has 3 rings (SSSR count). The predicted molar refractivity (Wildman–Crippen MR) is 104 cm³/mol. The summed E-state index contributed by atoms with van der Waals surface area (Å²) in [5, 5.41) is 13.8. The zero-order valence-electron chi connectivity index (χ0n) is 14.0. The van der Waals surface area contributed by atoms with Gasteiger partial charge in [0.25, 0.3) is 11.6 Å². The summed E-state index contributed by atoms with van der Waals surface area (Å²) in [6, 6.07) is 13.6. The molecule has 6 nitrogen and oxygen atoms in total. The molecule has 0 aliphatic rings.